The van der Waals surface area contributed by atoms with Crippen LogP contribution in [0.3, 0.4) is 0 Å². The lowest BCUT2D eigenvalue weighted by Gasteiger charge is -2.45. The molecule has 2 aliphatic rings. The lowest BCUT2D eigenvalue weighted by molar-refractivity contribution is -0.0568. The van der Waals surface area contributed by atoms with Gasteiger partial charge in [0.25, 0.3) is 0 Å². The molecule has 0 saturated carbocycles. The lowest BCUT2D eigenvalue weighted by Crippen LogP contribution is -2.58. The molecule has 0 N–H and O–H groups in total. The number of carbonyl (C=O) groups is 1. The summed E-state index contributed by atoms with van der Waals surface area (Å²) in [6.45, 7) is 13.5. The van der Waals surface area contributed by atoms with E-state index in [2.05, 4.69) is 26.8 Å². The molecule has 24 heavy (non-hydrogen) atoms. The van der Waals surface area contributed by atoms with Crippen LogP contribution in [0.2, 0.25) is 18.1 Å². The van der Waals surface area contributed by atoms with Crippen LogP contribution in [0.25, 0.3) is 0 Å². The largest absolute Gasteiger partial charge is 0.547 e. The zero-order valence-corrected chi connectivity index (χ0v) is 17.1. The highest BCUT2D eigenvalue weighted by molar-refractivity contribution is 6.73. The van der Waals surface area contributed by atoms with Crippen molar-refractivity contribution in [2.75, 3.05) is 13.2 Å². The molecular formula is C18H33NO4Si. The number of ether oxygens (including phenoxy) is 2. The van der Waals surface area contributed by atoms with E-state index in [1.807, 2.05) is 25.7 Å². The highest BCUT2D eigenvalue weighted by Gasteiger charge is 2.42. The first-order valence-corrected chi connectivity index (χ1v) is 11.7. The number of hydrogen-bond acceptors (Lipinski definition) is 4. The number of carbonyl (C=O) groups excluding carboxylic acids is 1. The summed E-state index contributed by atoms with van der Waals surface area (Å²) in [5.74, 6) is 1.06. The van der Waals surface area contributed by atoms with Crippen molar-refractivity contribution in [2.24, 2.45) is 0 Å². The molecule has 2 aliphatic heterocycles. The van der Waals surface area contributed by atoms with Crippen LogP contribution in [-0.4, -0.2) is 50.2 Å². The highest BCUT2D eigenvalue weighted by atomic mass is 28.4. The molecule has 5 nitrogen and oxygen atoms in total. The fourth-order valence-corrected chi connectivity index (χ4v) is 6.12. The maximum absolute atomic E-state index is 12.6. The van der Waals surface area contributed by atoms with Crippen molar-refractivity contribution in [1.82, 2.24) is 4.90 Å². The van der Waals surface area contributed by atoms with E-state index in [9.17, 15) is 4.79 Å². The van der Waals surface area contributed by atoms with Crippen molar-refractivity contribution in [3.05, 3.63) is 11.8 Å². The smallest absolute Gasteiger partial charge is 0.411 e. The number of nitrogens with zero attached hydrogens (tertiary/aromatic N) is 1. The summed E-state index contributed by atoms with van der Waals surface area (Å²) < 4.78 is 17.8. The van der Waals surface area contributed by atoms with Crippen molar-refractivity contribution in [2.45, 2.75) is 83.8 Å². The number of amides is 1. The molecule has 1 saturated heterocycles. The second-order valence-electron chi connectivity index (χ2n) is 7.83. The standard InChI is InChI=1S/C18H33NO4Si/c1-7-24(8-2,9-3)23-16-10-14-12-21-13-15(11-16)19(14)17(20)22-18(4,5)6/h10,14-15H,7-9,11-13H2,1-6H3. The van der Waals surface area contributed by atoms with Crippen molar-refractivity contribution in [3.8, 4) is 0 Å². The van der Waals surface area contributed by atoms with Gasteiger partial charge in [-0.1, -0.05) is 20.8 Å². The molecule has 2 bridgehead atoms. The second kappa shape index (κ2) is 7.48. The first-order chi connectivity index (χ1) is 11.2. The van der Waals surface area contributed by atoms with E-state index >= 15 is 0 Å². The van der Waals surface area contributed by atoms with Crippen LogP contribution in [-0.2, 0) is 13.9 Å². The van der Waals surface area contributed by atoms with Gasteiger partial charge in [0.1, 0.15) is 5.60 Å². The van der Waals surface area contributed by atoms with Crippen LogP contribution >= 0.6 is 0 Å². The summed E-state index contributed by atoms with van der Waals surface area (Å²) in [4.78, 5) is 14.4. The third kappa shape index (κ3) is 4.33. The van der Waals surface area contributed by atoms with Gasteiger partial charge in [0.15, 0.2) is 0 Å². The number of rotatable bonds is 5. The molecule has 2 unspecified atom stereocenters. The maximum Gasteiger partial charge on any atom is 0.411 e. The molecule has 2 heterocycles. The summed E-state index contributed by atoms with van der Waals surface area (Å²) in [5, 5.41) is 0. The van der Waals surface area contributed by atoms with Gasteiger partial charge in [-0.3, -0.25) is 4.90 Å². The predicted molar refractivity (Wildman–Crippen MR) is 97.5 cm³/mol. The van der Waals surface area contributed by atoms with Crippen molar-refractivity contribution >= 4 is 14.4 Å². The summed E-state index contributed by atoms with van der Waals surface area (Å²) in [5.41, 5.74) is -0.485. The average Bonchev–Trinajstić information content (AvgIpc) is 2.50. The molecule has 6 heteroatoms. The molecule has 0 aliphatic carbocycles. The predicted octanol–water partition coefficient (Wildman–Crippen LogP) is 4.30. The van der Waals surface area contributed by atoms with Crippen LogP contribution < -0.4 is 0 Å². The topological polar surface area (TPSA) is 48.0 Å². The molecule has 0 spiro atoms. The van der Waals surface area contributed by atoms with Gasteiger partial charge in [-0.2, -0.15) is 0 Å². The van der Waals surface area contributed by atoms with Crippen LogP contribution in [0.4, 0.5) is 4.79 Å². The SMILES string of the molecule is CC[Si](CC)(CC)OC1=CC2COCC(C1)N2C(=O)OC(C)(C)C. The Labute approximate surface area is 147 Å². The zero-order chi connectivity index (χ0) is 18.0. The van der Waals surface area contributed by atoms with E-state index in [0.717, 1.165) is 30.3 Å². The van der Waals surface area contributed by atoms with Gasteiger partial charge in [-0.05, 0) is 45.0 Å². The number of fused-ring (bicyclic) bond motifs is 2. The molecule has 0 radical (unpaired) electrons. The van der Waals surface area contributed by atoms with E-state index in [1.54, 1.807) is 0 Å². The first kappa shape index (κ1) is 19.3. The van der Waals surface area contributed by atoms with Gasteiger partial charge >= 0.3 is 6.09 Å². The first-order valence-electron chi connectivity index (χ1n) is 9.22. The molecular weight excluding hydrogens is 322 g/mol. The lowest BCUT2D eigenvalue weighted by atomic mass is 10.0. The Morgan fingerprint density at radius 1 is 1.25 bits per heavy atom. The van der Waals surface area contributed by atoms with E-state index in [0.29, 0.717) is 13.2 Å². The Morgan fingerprint density at radius 2 is 1.88 bits per heavy atom. The fourth-order valence-electron chi connectivity index (χ4n) is 3.48. The van der Waals surface area contributed by atoms with Gasteiger partial charge in [0.2, 0.25) is 8.32 Å². The molecule has 0 aromatic heterocycles. The number of morpholine rings is 1. The minimum absolute atomic E-state index is 0.0101. The quantitative estimate of drug-likeness (QED) is 0.690. The van der Waals surface area contributed by atoms with Crippen LogP contribution in [0, 0.1) is 0 Å². The van der Waals surface area contributed by atoms with Gasteiger partial charge in [0.05, 0.1) is 31.1 Å². The second-order valence-corrected chi connectivity index (χ2v) is 12.5. The number of hydrogen-bond donors (Lipinski definition) is 0. The molecule has 1 amide bonds. The van der Waals surface area contributed by atoms with Gasteiger partial charge in [-0.15, -0.1) is 0 Å². The zero-order valence-electron chi connectivity index (χ0n) is 16.1. The van der Waals surface area contributed by atoms with Crippen LogP contribution in [0.5, 0.6) is 0 Å². The molecule has 2 atom stereocenters. The Bertz CT molecular complexity index is 474. The summed E-state index contributed by atoms with van der Waals surface area (Å²) in [7, 11) is -1.68. The molecule has 138 valence electrons. The van der Waals surface area contributed by atoms with Crippen molar-refractivity contribution in [3.63, 3.8) is 0 Å². The maximum atomic E-state index is 12.6. The normalized spacial score (nSPS) is 24.4. The highest BCUT2D eigenvalue weighted by Crippen LogP contribution is 2.33. The van der Waals surface area contributed by atoms with E-state index in [4.69, 9.17) is 13.9 Å². The van der Waals surface area contributed by atoms with Gasteiger partial charge in [0, 0.05) is 6.42 Å². The Morgan fingerprint density at radius 3 is 2.38 bits per heavy atom. The summed E-state index contributed by atoms with van der Waals surface area (Å²) in [6.07, 6.45) is 2.56. The fraction of sp³-hybridized carbons (Fsp3) is 0.833. The molecule has 2 rings (SSSR count). The minimum atomic E-state index is -1.68. The third-order valence-corrected chi connectivity index (χ3v) is 9.61. The minimum Gasteiger partial charge on any atom is -0.547 e. The monoisotopic (exact) mass is 355 g/mol. The molecule has 0 aromatic carbocycles. The average molecular weight is 356 g/mol. The third-order valence-electron chi connectivity index (χ3n) is 5.05. The Balaban J connectivity index is 2.16. The molecule has 1 fully saturated rings. The Kier molecular flexibility index (Phi) is 6.02. The van der Waals surface area contributed by atoms with E-state index < -0.39 is 13.9 Å². The summed E-state index contributed by atoms with van der Waals surface area (Å²) >= 11 is 0. The van der Waals surface area contributed by atoms with E-state index in [1.165, 1.54) is 0 Å². The van der Waals surface area contributed by atoms with Gasteiger partial charge < -0.3 is 13.9 Å². The summed E-state index contributed by atoms with van der Waals surface area (Å²) in [6, 6.07) is 3.30. The van der Waals surface area contributed by atoms with Crippen LogP contribution in [0.1, 0.15) is 48.0 Å². The van der Waals surface area contributed by atoms with Crippen LogP contribution in [0.15, 0.2) is 11.8 Å². The van der Waals surface area contributed by atoms with E-state index in [-0.39, 0.29) is 18.2 Å². The van der Waals surface area contributed by atoms with Gasteiger partial charge in [-0.25, -0.2) is 4.79 Å². The Hall–Kier alpha value is -1.01. The molecule has 0 aromatic rings. The van der Waals surface area contributed by atoms with Crippen molar-refractivity contribution in [1.29, 1.82) is 0 Å². The van der Waals surface area contributed by atoms with Crippen molar-refractivity contribution < 1.29 is 18.7 Å².